The molecular formula is C23H23ClN2O5. The molecule has 0 bridgehead atoms. The van der Waals surface area contributed by atoms with Gasteiger partial charge in [-0.3, -0.25) is 9.69 Å². The highest BCUT2D eigenvalue weighted by Crippen LogP contribution is 2.30. The number of nitrogens with zero attached hydrogens (tertiary/aromatic N) is 2. The fourth-order valence-corrected chi connectivity index (χ4v) is 4.02. The van der Waals surface area contributed by atoms with Gasteiger partial charge in [0.25, 0.3) is 5.91 Å². The van der Waals surface area contributed by atoms with Crippen LogP contribution in [0.3, 0.4) is 0 Å². The third-order valence-corrected chi connectivity index (χ3v) is 5.77. The quantitative estimate of drug-likeness (QED) is 0.560. The molecule has 1 saturated heterocycles. The second kappa shape index (κ2) is 8.99. The van der Waals surface area contributed by atoms with Crippen molar-refractivity contribution >= 4 is 34.4 Å². The van der Waals surface area contributed by atoms with Gasteiger partial charge >= 0.3 is 5.97 Å². The van der Waals surface area contributed by atoms with Crippen LogP contribution in [0.4, 0.5) is 0 Å². The first-order valence-electron chi connectivity index (χ1n) is 9.95. The Morgan fingerprint density at radius 1 is 1.03 bits per heavy atom. The van der Waals surface area contributed by atoms with Gasteiger partial charge in [0, 0.05) is 36.6 Å². The van der Waals surface area contributed by atoms with Gasteiger partial charge in [0.05, 0.1) is 14.2 Å². The normalized spacial score (nSPS) is 15.6. The predicted molar refractivity (Wildman–Crippen MR) is 116 cm³/mol. The molecule has 7 nitrogen and oxygen atoms in total. The number of piperazine rings is 1. The molecule has 0 N–H and O–H groups in total. The molecule has 0 radical (unpaired) electrons. The van der Waals surface area contributed by atoms with Crippen LogP contribution in [0.25, 0.3) is 11.0 Å². The number of para-hydroxylation sites is 1. The summed E-state index contributed by atoms with van der Waals surface area (Å²) < 4.78 is 16.1. The zero-order chi connectivity index (χ0) is 22.0. The minimum absolute atomic E-state index is 0.181. The SMILES string of the molecule is COC(=O)C(c1ccc(Cl)cc1)N1CCN(C(=O)c2cc3cccc(OC)c3o2)CC1. The van der Waals surface area contributed by atoms with Gasteiger partial charge in [0.1, 0.15) is 6.04 Å². The van der Waals surface area contributed by atoms with E-state index in [4.69, 9.17) is 25.5 Å². The summed E-state index contributed by atoms with van der Waals surface area (Å²) in [6.45, 7) is 1.98. The fourth-order valence-electron chi connectivity index (χ4n) is 3.89. The molecule has 1 aromatic heterocycles. The third kappa shape index (κ3) is 4.24. The Kier molecular flexibility index (Phi) is 6.15. The second-order valence-electron chi connectivity index (χ2n) is 7.29. The lowest BCUT2D eigenvalue weighted by atomic mass is 10.0. The lowest BCUT2D eigenvalue weighted by Gasteiger charge is -2.38. The first-order valence-corrected chi connectivity index (χ1v) is 10.3. The Morgan fingerprint density at radius 3 is 2.39 bits per heavy atom. The van der Waals surface area contributed by atoms with Gasteiger partial charge in [-0.2, -0.15) is 0 Å². The lowest BCUT2D eigenvalue weighted by molar-refractivity contribution is -0.148. The van der Waals surface area contributed by atoms with Crippen LogP contribution in [0, 0.1) is 0 Å². The van der Waals surface area contributed by atoms with Crippen molar-refractivity contribution in [3.8, 4) is 5.75 Å². The average molecular weight is 443 g/mol. The second-order valence-corrected chi connectivity index (χ2v) is 7.73. The molecule has 2 heterocycles. The molecule has 0 spiro atoms. The van der Waals surface area contributed by atoms with Crippen LogP contribution in [-0.2, 0) is 9.53 Å². The van der Waals surface area contributed by atoms with Crippen LogP contribution in [0.15, 0.2) is 52.9 Å². The van der Waals surface area contributed by atoms with Crippen molar-refractivity contribution in [2.75, 3.05) is 40.4 Å². The van der Waals surface area contributed by atoms with Gasteiger partial charge in [-0.25, -0.2) is 4.79 Å². The van der Waals surface area contributed by atoms with E-state index in [0.717, 1.165) is 10.9 Å². The van der Waals surface area contributed by atoms with Crippen molar-refractivity contribution < 1.29 is 23.5 Å². The minimum Gasteiger partial charge on any atom is -0.493 e. The molecule has 1 aliphatic rings. The third-order valence-electron chi connectivity index (χ3n) is 5.52. The zero-order valence-corrected chi connectivity index (χ0v) is 18.1. The van der Waals surface area contributed by atoms with Crippen molar-refractivity contribution in [1.29, 1.82) is 0 Å². The number of halogens is 1. The van der Waals surface area contributed by atoms with E-state index in [1.54, 1.807) is 36.3 Å². The maximum absolute atomic E-state index is 13.0. The number of carbonyl (C=O) groups excluding carboxylic acids is 2. The van der Waals surface area contributed by atoms with Gasteiger partial charge < -0.3 is 18.8 Å². The first kappa shape index (κ1) is 21.2. The van der Waals surface area contributed by atoms with E-state index in [9.17, 15) is 9.59 Å². The molecule has 2 aromatic carbocycles. The molecule has 1 amide bonds. The summed E-state index contributed by atoms with van der Waals surface area (Å²) in [5, 5.41) is 1.42. The summed E-state index contributed by atoms with van der Waals surface area (Å²) >= 11 is 5.99. The molecule has 1 aliphatic heterocycles. The number of benzene rings is 2. The van der Waals surface area contributed by atoms with Crippen molar-refractivity contribution in [2.24, 2.45) is 0 Å². The Bertz CT molecular complexity index is 1090. The molecule has 1 fully saturated rings. The first-order chi connectivity index (χ1) is 15.0. The molecule has 1 atom stereocenters. The number of hydrogen-bond acceptors (Lipinski definition) is 6. The average Bonchev–Trinajstić information content (AvgIpc) is 3.25. The summed E-state index contributed by atoms with van der Waals surface area (Å²) in [5.74, 6) is 0.339. The molecule has 4 rings (SSSR count). The van der Waals surface area contributed by atoms with E-state index in [2.05, 4.69) is 0 Å². The molecule has 0 aliphatic carbocycles. The number of amides is 1. The van der Waals surface area contributed by atoms with Crippen LogP contribution < -0.4 is 4.74 Å². The van der Waals surface area contributed by atoms with Crippen LogP contribution in [0.2, 0.25) is 5.02 Å². The van der Waals surface area contributed by atoms with Crippen LogP contribution in [-0.4, -0.2) is 62.1 Å². The Labute approximate surface area is 185 Å². The van der Waals surface area contributed by atoms with Gasteiger partial charge in [0.15, 0.2) is 17.1 Å². The largest absolute Gasteiger partial charge is 0.493 e. The maximum Gasteiger partial charge on any atom is 0.327 e. The van der Waals surface area contributed by atoms with Gasteiger partial charge in [-0.15, -0.1) is 0 Å². The van der Waals surface area contributed by atoms with E-state index in [1.165, 1.54) is 7.11 Å². The summed E-state index contributed by atoms with van der Waals surface area (Å²) in [7, 11) is 2.94. The van der Waals surface area contributed by atoms with Crippen molar-refractivity contribution in [3.63, 3.8) is 0 Å². The van der Waals surface area contributed by atoms with E-state index in [0.29, 0.717) is 42.5 Å². The molecule has 3 aromatic rings. The number of methoxy groups -OCH3 is 2. The maximum atomic E-state index is 13.0. The van der Waals surface area contributed by atoms with Gasteiger partial charge in [-0.1, -0.05) is 35.9 Å². The monoisotopic (exact) mass is 442 g/mol. The fraction of sp³-hybridized carbons (Fsp3) is 0.304. The minimum atomic E-state index is -0.546. The molecule has 31 heavy (non-hydrogen) atoms. The van der Waals surface area contributed by atoms with Crippen molar-refractivity contribution in [2.45, 2.75) is 6.04 Å². The molecule has 162 valence electrons. The topological polar surface area (TPSA) is 72.2 Å². The number of carbonyl (C=O) groups is 2. The highest BCUT2D eigenvalue weighted by Gasteiger charge is 2.33. The van der Waals surface area contributed by atoms with Crippen molar-refractivity contribution in [1.82, 2.24) is 9.80 Å². The van der Waals surface area contributed by atoms with Crippen LogP contribution >= 0.6 is 11.6 Å². The smallest absolute Gasteiger partial charge is 0.327 e. The van der Waals surface area contributed by atoms with E-state index in [-0.39, 0.29) is 17.6 Å². The highest BCUT2D eigenvalue weighted by molar-refractivity contribution is 6.30. The molecule has 1 unspecified atom stereocenters. The zero-order valence-electron chi connectivity index (χ0n) is 17.3. The number of hydrogen-bond donors (Lipinski definition) is 0. The van der Waals surface area contributed by atoms with Crippen LogP contribution in [0.1, 0.15) is 22.2 Å². The lowest BCUT2D eigenvalue weighted by Crippen LogP contribution is -2.51. The number of esters is 1. The van der Waals surface area contributed by atoms with E-state index < -0.39 is 6.04 Å². The van der Waals surface area contributed by atoms with E-state index >= 15 is 0 Å². The summed E-state index contributed by atoms with van der Waals surface area (Å²) in [6, 6.07) is 13.9. The van der Waals surface area contributed by atoms with Crippen LogP contribution in [0.5, 0.6) is 5.75 Å². The summed E-state index contributed by atoms with van der Waals surface area (Å²) in [4.78, 5) is 29.2. The number of furan rings is 1. The summed E-state index contributed by atoms with van der Waals surface area (Å²) in [6.07, 6.45) is 0. The van der Waals surface area contributed by atoms with Crippen molar-refractivity contribution in [3.05, 3.63) is 64.9 Å². The Balaban J connectivity index is 1.48. The van der Waals surface area contributed by atoms with Gasteiger partial charge in [0.2, 0.25) is 0 Å². The number of rotatable bonds is 5. The Hall–Kier alpha value is -3.03. The standard InChI is InChI=1S/C23H23ClN2O5/c1-29-18-5-3-4-16-14-19(31-21(16)18)22(27)26-12-10-25(11-13-26)20(23(28)30-2)15-6-8-17(24)9-7-15/h3-9,14,20H,10-13H2,1-2H3. The number of ether oxygens (including phenoxy) is 2. The van der Waals surface area contributed by atoms with E-state index in [1.807, 2.05) is 29.2 Å². The highest BCUT2D eigenvalue weighted by atomic mass is 35.5. The molecular weight excluding hydrogens is 420 g/mol. The van der Waals surface area contributed by atoms with Gasteiger partial charge in [-0.05, 0) is 29.8 Å². The predicted octanol–water partition coefficient (Wildman–Crippen LogP) is 3.77. The molecule has 8 heteroatoms. The Morgan fingerprint density at radius 2 is 1.74 bits per heavy atom. The molecule has 0 saturated carbocycles. The number of fused-ring (bicyclic) bond motifs is 1. The summed E-state index contributed by atoms with van der Waals surface area (Å²) in [5.41, 5.74) is 1.36.